The molecule has 0 atom stereocenters. The first-order chi connectivity index (χ1) is 24.3. The summed E-state index contributed by atoms with van der Waals surface area (Å²) >= 11 is 0. The van der Waals surface area contributed by atoms with Gasteiger partial charge < -0.3 is 40.4 Å². The third-order valence-electron chi connectivity index (χ3n) is 9.67. The highest BCUT2D eigenvalue weighted by atomic mass is 79.9. The van der Waals surface area contributed by atoms with Gasteiger partial charge in [-0.3, -0.25) is 9.59 Å². The Kier molecular flexibility index (Phi) is 13.9. The quantitative estimate of drug-likeness (QED) is 0.0904. The van der Waals surface area contributed by atoms with Gasteiger partial charge in [0.15, 0.2) is 0 Å². The largest absolute Gasteiger partial charge is 1.00 e. The second kappa shape index (κ2) is 17.7. The van der Waals surface area contributed by atoms with Crippen LogP contribution in [0.25, 0.3) is 16.6 Å². The van der Waals surface area contributed by atoms with Crippen molar-refractivity contribution < 1.29 is 57.7 Å². The van der Waals surface area contributed by atoms with Crippen LogP contribution in [0, 0.1) is 11.6 Å². The van der Waals surface area contributed by atoms with Gasteiger partial charge in [0.05, 0.1) is 51.5 Å². The highest BCUT2D eigenvalue weighted by molar-refractivity contribution is 6.07. The standard InChI is InChI=1S/C39H45F5N3O4.BrH/c1-4-45(31-22-28(40)21-29(41)23-31)38(49)35-26-46(30-19-27(39(42,43)44)20-33(24-30)50-3)36-25-32(13-14-34(36)37(35)48)51-18-12-7-5-6-9-15-47(2)16-10-8-11-17-47;/h13-14,19-26H,4-12,15-18H2,1-3H3;1H/q+1;/p-1. The number of amides is 1. The van der Waals surface area contributed by atoms with Crippen molar-refractivity contribution in [1.29, 1.82) is 0 Å². The average Bonchev–Trinajstić information content (AvgIpc) is 3.09. The second-order valence-electron chi connectivity index (χ2n) is 13.5. The molecule has 0 unspecified atom stereocenters. The Hall–Kier alpha value is -3.97. The molecule has 7 nitrogen and oxygen atoms in total. The molecule has 0 spiro atoms. The van der Waals surface area contributed by atoms with E-state index in [0.29, 0.717) is 18.4 Å². The van der Waals surface area contributed by atoms with Gasteiger partial charge >= 0.3 is 6.18 Å². The Morgan fingerprint density at radius 1 is 0.885 bits per heavy atom. The van der Waals surface area contributed by atoms with E-state index < -0.39 is 40.3 Å². The van der Waals surface area contributed by atoms with Gasteiger partial charge in [0.2, 0.25) is 5.43 Å². The Labute approximate surface area is 311 Å². The van der Waals surface area contributed by atoms with E-state index in [1.165, 1.54) is 73.6 Å². The van der Waals surface area contributed by atoms with Crippen LogP contribution >= 0.6 is 0 Å². The van der Waals surface area contributed by atoms with E-state index in [9.17, 15) is 31.5 Å². The fourth-order valence-electron chi connectivity index (χ4n) is 6.86. The highest BCUT2D eigenvalue weighted by Crippen LogP contribution is 2.35. The number of hydrogen-bond acceptors (Lipinski definition) is 4. The lowest BCUT2D eigenvalue weighted by Crippen LogP contribution is -3.00. The van der Waals surface area contributed by atoms with Crippen LogP contribution in [0.1, 0.15) is 74.2 Å². The predicted molar refractivity (Wildman–Crippen MR) is 188 cm³/mol. The number of likely N-dealkylation sites (tertiary alicyclic amines) is 1. The molecular formula is C39H45BrF5N3O4. The SMILES string of the molecule is CCN(C(=O)c1cn(-c2cc(OC)cc(C(F)(F)F)c2)c2cc(OCCCCCCC[N+]3(C)CCCCC3)ccc2c1=O)c1cc(F)cc(F)c1.[Br-]. The van der Waals surface area contributed by atoms with Crippen LogP contribution < -0.4 is 36.8 Å². The van der Waals surface area contributed by atoms with Crippen molar-refractivity contribution in [3.63, 3.8) is 0 Å². The number of carbonyl (C=O) groups is 1. The lowest BCUT2D eigenvalue weighted by Gasteiger charge is -2.37. The number of rotatable bonds is 14. The predicted octanol–water partition coefficient (Wildman–Crippen LogP) is 5.93. The summed E-state index contributed by atoms with van der Waals surface area (Å²) in [6.45, 7) is 5.66. The maximum atomic E-state index is 14.1. The van der Waals surface area contributed by atoms with Crippen molar-refractivity contribution in [3.8, 4) is 17.2 Å². The lowest BCUT2D eigenvalue weighted by molar-refractivity contribution is -0.914. The number of alkyl halides is 3. The number of piperidine rings is 1. The van der Waals surface area contributed by atoms with Crippen LogP contribution in [-0.2, 0) is 6.18 Å². The molecule has 0 radical (unpaired) electrons. The third kappa shape index (κ3) is 9.91. The van der Waals surface area contributed by atoms with E-state index in [1.807, 2.05) is 0 Å². The number of carbonyl (C=O) groups excluding carboxylic acids is 1. The van der Waals surface area contributed by atoms with Gasteiger partial charge in [-0.2, -0.15) is 13.2 Å². The molecule has 0 aliphatic carbocycles. The smallest absolute Gasteiger partial charge is 0.416 e. The summed E-state index contributed by atoms with van der Waals surface area (Å²) in [5.41, 5.74) is -2.06. The van der Waals surface area contributed by atoms with Crippen LogP contribution in [0.5, 0.6) is 11.5 Å². The molecule has 282 valence electrons. The molecule has 52 heavy (non-hydrogen) atoms. The minimum absolute atomic E-state index is 0. The number of fused-ring (bicyclic) bond motifs is 1. The topological polar surface area (TPSA) is 60.8 Å². The zero-order valence-corrected chi connectivity index (χ0v) is 31.3. The Morgan fingerprint density at radius 2 is 1.56 bits per heavy atom. The molecule has 4 aromatic rings. The third-order valence-corrected chi connectivity index (χ3v) is 9.67. The van der Waals surface area contributed by atoms with Crippen molar-refractivity contribution in [2.45, 2.75) is 64.5 Å². The molecule has 0 bridgehead atoms. The van der Waals surface area contributed by atoms with E-state index in [0.717, 1.165) is 61.0 Å². The van der Waals surface area contributed by atoms with E-state index in [2.05, 4.69) is 7.05 Å². The highest BCUT2D eigenvalue weighted by Gasteiger charge is 2.32. The molecule has 1 fully saturated rings. The van der Waals surface area contributed by atoms with Crippen molar-refractivity contribution in [2.24, 2.45) is 0 Å². The summed E-state index contributed by atoms with van der Waals surface area (Å²) in [7, 11) is 3.59. The lowest BCUT2D eigenvalue weighted by atomic mass is 10.1. The van der Waals surface area contributed by atoms with Gasteiger partial charge in [0.1, 0.15) is 28.7 Å². The molecule has 1 amide bonds. The number of nitrogens with zero attached hydrogens (tertiary/aromatic N) is 3. The first kappa shape index (κ1) is 40.8. The first-order valence-corrected chi connectivity index (χ1v) is 17.5. The summed E-state index contributed by atoms with van der Waals surface area (Å²) in [6.07, 6.45) is 5.61. The number of anilines is 1. The molecule has 2 heterocycles. The molecular weight excluding hydrogens is 749 g/mol. The van der Waals surface area contributed by atoms with Crippen LogP contribution in [0.3, 0.4) is 0 Å². The van der Waals surface area contributed by atoms with Gasteiger partial charge in [-0.1, -0.05) is 12.8 Å². The molecule has 1 aliphatic heterocycles. The van der Waals surface area contributed by atoms with Crippen LogP contribution in [0.4, 0.5) is 27.6 Å². The molecule has 0 N–H and O–H groups in total. The number of benzene rings is 3. The summed E-state index contributed by atoms with van der Waals surface area (Å²) < 4.78 is 83.8. The Balaban J connectivity index is 0.00000605. The van der Waals surface area contributed by atoms with Gasteiger partial charge in [0.25, 0.3) is 5.91 Å². The van der Waals surface area contributed by atoms with Crippen molar-refractivity contribution in [1.82, 2.24) is 4.57 Å². The number of pyridine rings is 1. The number of quaternary nitrogens is 1. The fraction of sp³-hybridized carbons (Fsp3) is 0.436. The van der Waals surface area contributed by atoms with Crippen LogP contribution in [0.15, 0.2) is 65.6 Å². The van der Waals surface area contributed by atoms with Crippen molar-refractivity contribution in [3.05, 3.63) is 93.8 Å². The Morgan fingerprint density at radius 3 is 2.21 bits per heavy atom. The normalized spacial score (nSPS) is 14.2. The zero-order chi connectivity index (χ0) is 36.8. The van der Waals surface area contributed by atoms with Crippen LogP contribution in [-0.4, -0.2) is 61.9 Å². The Bertz CT molecular complexity index is 1890. The second-order valence-corrected chi connectivity index (χ2v) is 13.5. The summed E-state index contributed by atoms with van der Waals surface area (Å²) in [5.74, 6) is -2.40. The molecule has 1 aromatic heterocycles. The monoisotopic (exact) mass is 793 g/mol. The fourth-order valence-corrected chi connectivity index (χ4v) is 6.86. The van der Waals surface area contributed by atoms with Crippen molar-refractivity contribution in [2.75, 3.05) is 51.8 Å². The molecule has 1 saturated heterocycles. The van der Waals surface area contributed by atoms with Gasteiger partial charge in [0, 0.05) is 47.7 Å². The minimum Gasteiger partial charge on any atom is -1.00 e. The van der Waals surface area contributed by atoms with Gasteiger partial charge in [-0.15, -0.1) is 0 Å². The number of aromatic nitrogens is 1. The first-order valence-electron chi connectivity index (χ1n) is 17.5. The molecule has 0 saturated carbocycles. The summed E-state index contributed by atoms with van der Waals surface area (Å²) in [5, 5.41) is 0.0381. The van der Waals surface area contributed by atoms with E-state index in [4.69, 9.17) is 9.47 Å². The molecule has 13 heteroatoms. The van der Waals surface area contributed by atoms with Crippen molar-refractivity contribution >= 4 is 22.5 Å². The number of ether oxygens (including phenoxy) is 2. The van der Waals surface area contributed by atoms with E-state index >= 15 is 0 Å². The van der Waals surface area contributed by atoms with E-state index in [1.54, 1.807) is 19.1 Å². The number of halogens is 6. The molecule has 1 aliphatic rings. The van der Waals surface area contributed by atoms with Gasteiger partial charge in [-0.05, 0) is 81.8 Å². The molecule has 3 aromatic carbocycles. The average molecular weight is 795 g/mol. The summed E-state index contributed by atoms with van der Waals surface area (Å²) in [6, 6.07) is 10.3. The number of methoxy groups -OCH3 is 1. The molecule has 5 rings (SSSR count). The minimum atomic E-state index is -4.72. The number of unbranched alkanes of at least 4 members (excludes halogenated alkanes) is 4. The summed E-state index contributed by atoms with van der Waals surface area (Å²) in [4.78, 5) is 28.7. The van der Waals surface area contributed by atoms with Gasteiger partial charge in [-0.25, -0.2) is 8.78 Å². The van der Waals surface area contributed by atoms with E-state index in [-0.39, 0.29) is 51.6 Å². The number of hydrogen-bond donors (Lipinski definition) is 0. The van der Waals surface area contributed by atoms with Crippen LogP contribution in [0.2, 0.25) is 0 Å². The maximum absolute atomic E-state index is 14.1. The maximum Gasteiger partial charge on any atom is 0.416 e. The zero-order valence-electron chi connectivity index (χ0n) is 29.7.